The maximum atomic E-state index is 13.3. The van der Waals surface area contributed by atoms with Gasteiger partial charge in [-0.15, -0.1) is 0 Å². The third-order valence-electron chi connectivity index (χ3n) is 4.84. The molecular weight excluding hydrogens is 404 g/mol. The van der Waals surface area contributed by atoms with Crippen LogP contribution in [0.25, 0.3) is 0 Å². The van der Waals surface area contributed by atoms with E-state index in [1.165, 1.54) is 5.01 Å². The highest BCUT2D eigenvalue weighted by Gasteiger charge is 2.37. The molecule has 1 aliphatic heterocycles. The number of amides is 2. The van der Waals surface area contributed by atoms with Crippen LogP contribution in [0.2, 0.25) is 0 Å². The number of nitrogens with one attached hydrogen (secondary N) is 3. The Morgan fingerprint density at radius 2 is 1.53 bits per heavy atom. The second kappa shape index (κ2) is 9.42. The second-order valence-corrected chi connectivity index (χ2v) is 7.45. The predicted molar refractivity (Wildman–Crippen MR) is 125 cm³/mol. The van der Waals surface area contributed by atoms with Gasteiger partial charge in [-0.2, -0.15) is 10.1 Å². The quantitative estimate of drug-likeness (QED) is 0.504. The molecule has 8 heteroatoms. The monoisotopic (exact) mass is 428 g/mol. The molecule has 1 heterocycles. The van der Waals surface area contributed by atoms with Crippen LogP contribution in [0.5, 0.6) is 0 Å². The van der Waals surface area contributed by atoms with Crippen LogP contribution in [0.15, 0.2) is 90.0 Å². The van der Waals surface area contributed by atoms with Crippen molar-refractivity contribution in [3.05, 3.63) is 96.1 Å². The summed E-state index contributed by atoms with van der Waals surface area (Å²) in [5.74, 6) is -0.452. The summed E-state index contributed by atoms with van der Waals surface area (Å²) >= 11 is 0. The van der Waals surface area contributed by atoms with Crippen molar-refractivity contribution in [1.82, 2.24) is 15.9 Å². The molecule has 0 spiro atoms. The number of benzene rings is 3. The summed E-state index contributed by atoms with van der Waals surface area (Å²) in [7, 11) is 3.48. The van der Waals surface area contributed by atoms with Crippen LogP contribution < -0.4 is 21.3 Å². The van der Waals surface area contributed by atoms with E-state index >= 15 is 0 Å². The zero-order valence-corrected chi connectivity index (χ0v) is 17.8. The molecule has 1 aliphatic rings. The standard InChI is InChI=1S/C24H24N6O2/c1-29(2)28-23(31)18-13-15-20(16-14-18)30-24(32)22(26-25-19-11-7-4-8-12-19)21(27-30)17-9-5-3-6-10-17/h3-16,22,25-26H,1-2H3,(H,28,31). The molecule has 0 aromatic heterocycles. The first kappa shape index (κ1) is 21.2. The van der Waals surface area contributed by atoms with Crippen molar-refractivity contribution in [2.45, 2.75) is 6.04 Å². The van der Waals surface area contributed by atoms with Crippen molar-refractivity contribution < 1.29 is 9.59 Å². The first-order valence-corrected chi connectivity index (χ1v) is 10.2. The summed E-state index contributed by atoms with van der Waals surface area (Å²) in [5, 5.41) is 7.55. The number of carbonyl (C=O) groups excluding carboxylic acids is 2. The lowest BCUT2D eigenvalue weighted by Crippen LogP contribution is -2.46. The predicted octanol–water partition coefficient (Wildman–Crippen LogP) is 2.63. The molecule has 1 atom stereocenters. The Morgan fingerprint density at radius 3 is 2.16 bits per heavy atom. The van der Waals surface area contributed by atoms with Gasteiger partial charge in [0, 0.05) is 30.9 Å². The summed E-state index contributed by atoms with van der Waals surface area (Å²) in [6, 6.07) is 25.2. The fourth-order valence-electron chi connectivity index (χ4n) is 3.30. The number of anilines is 2. The average Bonchev–Trinajstić information content (AvgIpc) is 3.14. The van der Waals surface area contributed by atoms with Crippen molar-refractivity contribution in [1.29, 1.82) is 0 Å². The van der Waals surface area contributed by atoms with Gasteiger partial charge in [0.25, 0.3) is 11.8 Å². The highest BCUT2D eigenvalue weighted by molar-refractivity contribution is 6.24. The van der Waals surface area contributed by atoms with Gasteiger partial charge in [0.05, 0.1) is 11.4 Å². The fourth-order valence-corrected chi connectivity index (χ4v) is 3.30. The van der Waals surface area contributed by atoms with E-state index in [0.717, 1.165) is 11.3 Å². The third-order valence-corrected chi connectivity index (χ3v) is 4.84. The van der Waals surface area contributed by atoms with E-state index in [1.54, 1.807) is 43.4 Å². The normalized spacial score (nSPS) is 15.6. The highest BCUT2D eigenvalue weighted by atomic mass is 16.2. The van der Waals surface area contributed by atoms with Gasteiger partial charge < -0.3 is 5.43 Å². The first-order chi connectivity index (χ1) is 15.5. The SMILES string of the molecule is CN(C)NC(=O)c1ccc(N2N=C(c3ccccc3)C(NNc3ccccc3)C2=O)cc1. The largest absolute Gasteiger partial charge is 0.320 e. The number of hydrogen-bond donors (Lipinski definition) is 3. The second-order valence-electron chi connectivity index (χ2n) is 7.45. The summed E-state index contributed by atoms with van der Waals surface area (Å²) in [4.78, 5) is 25.5. The lowest BCUT2D eigenvalue weighted by molar-refractivity contribution is -0.118. The van der Waals surface area contributed by atoms with Crippen molar-refractivity contribution >= 4 is 28.9 Å². The van der Waals surface area contributed by atoms with E-state index in [1.807, 2.05) is 60.7 Å². The van der Waals surface area contributed by atoms with Crippen molar-refractivity contribution in [2.75, 3.05) is 24.5 Å². The van der Waals surface area contributed by atoms with Gasteiger partial charge in [-0.1, -0.05) is 48.5 Å². The Morgan fingerprint density at radius 1 is 0.906 bits per heavy atom. The Hall–Kier alpha value is -4.01. The number of hydrazine groups is 2. The van der Waals surface area contributed by atoms with Crippen LogP contribution >= 0.6 is 0 Å². The van der Waals surface area contributed by atoms with Gasteiger partial charge in [-0.25, -0.2) is 10.4 Å². The molecular formula is C24H24N6O2. The van der Waals surface area contributed by atoms with Crippen LogP contribution in [0.4, 0.5) is 11.4 Å². The minimum atomic E-state index is -0.686. The smallest absolute Gasteiger partial charge is 0.272 e. The van der Waals surface area contributed by atoms with Gasteiger partial charge in [-0.05, 0) is 36.4 Å². The zero-order valence-electron chi connectivity index (χ0n) is 17.8. The van der Waals surface area contributed by atoms with Crippen LogP contribution in [0.1, 0.15) is 15.9 Å². The van der Waals surface area contributed by atoms with Crippen LogP contribution in [0, 0.1) is 0 Å². The molecule has 3 aromatic rings. The maximum Gasteiger partial charge on any atom is 0.272 e. The molecule has 32 heavy (non-hydrogen) atoms. The molecule has 0 bridgehead atoms. The molecule has 0 fully saturated rings. The minimum Gasteiger partial charge on any atom is -0.320 e. The minimum absolute atomic E-state index is 0.224. The molecule has 1 unspecified atom stereocenters. The van der Waals surface area contributed by atoms with Gasteiger partial charge in [-0.3, -0.25) is 15.0 Å². The molecule has 0 radical (unpaired) electrons. The summed E-state index contributed by atoms with van der Waals surface area (Å²) in [6.45, 7) is 0. The molecule has 0 saturated carbocycles. The Kier molecular flexibility index (Phi) is 6.25. The molecule has 162 valence electrons. The van der Waals surface area contributed by atoms with E-state index in [-0.39, 0.29) is 11.8 Å². The van der Waals surface area contributed by atoms with Crippen LogP contribution in [-0.4, -0.2) is 42.7 Å². The summed E-state index contributed by atoms with van der Waals surface area (Å²) in [6.07, 6.45) is 0. The van der Waals surface area contributed by atoms with E-state index in [9.17, 15) is 9.59 Å². The number of hydrazone groups is 1. The highest BCUT2D eigenvalue weighted by Crippen LogP contribution is 2.24. The van der Waals surface area contributed by atoms with E-state index in [0.29, 0.717) is 17.0 Å². The topological polar surface area (TPSA) is 89.1 Å². The lowest BCUT2D eigenvalue weighted by Gasteiger charge is -2.17. The van der Waals surface area contributed by atoms with Crippen molar-refractivity contribution in [3.63, 3.8) is 0 Å². The van der Waals surface area contributed by atoms with E-state index in [2.05, 4.69) is 21.4 Å². The molecule has 0 aliphatic carbocycles. The van der Waals surface area contributed by atoms with E-state index in [4.69, 9.17) is 0 Å². The van der Waals surface area contributed by atoms with Gasteiger partial charge in [0.15, 0.2) is 6.04 Å². The zero-order chi connectivity index (χ0) is 22.5. The van der Waals surface area contributed by atoms with Crippen molar-refractivity contribution in [2.24, 2.45) is 5.10 Å². The molecule has 2 amide bonds. The first-order valence-electron chi connectivity index (χ1n) is 10.2. The molecule has 3 N–H and O–H groups in total. The van der Waals surface area contributed by atoms with E-state index < -0.39 is 6.04 Å². The van der Waals surface area contributed by atoms with Gasteiger partial charge >= 0.3 is 0 Å². The number of hydrogen-bond acceptors (Lipinski definition) is 6. The lowest BCUT2D eigenvalue weighted by atomic mass is 10.0. The van der Waals surface area contributed by atoms with Crippen molar-refractivity contribution in [3.8, 4) is 0 Å². The number of nitrogens with zero attached hydrogens (tertiary/aromatic N) is 3. The average molecular weight is 428 g/mol. The summed E-state index contributed by atoms with van der Waals surface area (Å²) in [5.41, 5.74) is 12.2. The fraction of sp³-hybridized carbons (Fsp3) is 0.125. The number of carbonyl (C=O) groups is 2. The summed E-state index contributed by atoms with van der Waals surface area (Å²) < 4.78 is 0. The number of para-hydroxylation sites is 1. The van der Waals surface area contributed by atoms with Gasteiger partial charge in [0.1, 0.15) is 0 Å². The van der Waals surface area contributed by atoms with Gasteiger partial charge in [0.2, 0.25) is 0 Å². The molecule has 4 rings (SSSR count). The maximum absolute atomic E-state index is 13.3. The number of rotatable bonds is 7. The van der Waals surface area contributed by atoms with Crippen LogP contribution in [-0.2, 0) is 4.79 Å². The Bertz CT molecular complexity index is 1110. The third kappa shape index (κ3) is 4.66. The Labute approximate surface area is 186 Å². The molecule has 0 saturated heterocycles. The Balaban J connectivity index is 1.59. The molecule has 3 aromatic carbocycles. The molecule has 8 nitrogen and oxygen atoms in total. The van der Waals surface area contributed by atoms with Crippen LogP contribution in [0.3, 0.4) is 0 Å².